The van der Waals surface area contributed by atoms with Gasteiger partial charge in [-0.25, -0.2) is 0 Å². The van der Waals surface area contributed by atoms with Crippen LogP contribution in [0, 0.1) is 0 Å². The summed E-state index contributed by atoms with van der Waals surface area (Å²) < 4.78 is 1.51. The molecule has 0 aliphatic carbocycles. The van der Waals surface area contributed by atoms with Gasteiger partial charge in [-0.05, 0) is 0 Å². The maximum atomic E-state index is 10.9. The van der Waals surface area contributed by atoms with Gasteiger partial charge in [-0.15, -0.1) is 0 Å². The first-order chi connectivity index (χ1) is 7.24. The van der Waals surface area contributed by atoms with E-state index in [1.54, 1.807) is 7.05 Å². The van der Waals surface area contributed by atoms with Crippen LogP contribution < -0.4 is 5.73 Å². The molecule has 4 nitrogen and oxygen atoms in total. The minimum absolute atomic E-state index is 0.392. The maximum Gasteiger partial charge on any atom is 0.156 e. The zero-order valence-electron chi connectivity index (χ0n) is 8.34. The molecule has 0 unspecified atom stereocenters. The van der Waals surface area contributed by atoms with Crippen molar-refractivity contribution < 1.29 is 4.79 Å². The zero-order valence-corrected chi connectivity index (χ0v) is 8.34. The highest BCUT2D eigenvalue weighted by Crippen LogP contribution is 2.24. The van der Waals surface area contributed by atoms with Gasteiger partial charge in [0, 0.05) is 12.6 Å². The van der Waals surface area contributed by atoms with Gasteiger partial charge < -0.3 is 5.73 Å². The van der Waals surface area contributed by atoms with E-state index >= 15 is 0 Å². The van der Waals surface area contributed by atoms with Crippen molar-refractivity contribution in [1.29, 1.82) is 0 Å². The van der Waals surface area contributed by atoms with E-state index in [4.69, 9.17) is 5.73 Å². The van der Waals surface area contributed by atoms with E-state index in [0.717, 1.165) is 11.8 Å². The van der Waals surface area contributed by atoms with Gasteiger partial charge in [-0.3, -0.25) is 9.48 Å². The number of rotatable bonds is 2. The standard InChI is InChI=1S/C11H11N3O/c1-14-11(12)9(7-15)10(13-14)8-5-3-2-4-6-8/h2-7H,12H2,1H3. The molecule has 2 aromatic rings. The molecule has 76 valence electrons. The number of hydrogen-bond acceptors (Lipinski definition) is 3. The highest BCUT2D eigenvalue weighted by molar-refractivity contribution is 5.91. The van der Waals surface area contributed by atoms with E-state index in [0.29, 0.717) is 17.1 Å². The molecule has 1 aromatic carbocycles. The van der Waals surface area contributed by atoms with Gasteiger partial charge in [0.15, 0.2) is 6.29 Å². The third-order valence-electron chi connectivity index (χ3n) is 2.29. The highest BCUT2D eigenvalue weighted by Gasteiger charge is 2.13. The Kier molecular flexibility index (Phi) is 2.25. The number of aldehydes is 1. The van der Waals surface area contributed by atoms with Crippen LogP contribution in [-0.4, -0.2) is 16.1 Å². The Balaban J connectivity index is 2.63. The number of hydrogen-bond donors (Lipinski definition) is 1. The molecule has 0 amide bonds. The quantitative estimate of drug-likeness (QED) is 0.748. The van der Waals surface area contributed by atoms with E-state index in [-0.39, 0.29) is 0 Å². The maximum absolute atomic E-state index is 10.9. The molecule has 0 spiro atoms. The number of nitrogen functional groups attached to an aromatic ring is 1. The lowest BCUT2D eigenvalue weighted by molar-refractivity contribution is 0.112. The van der Waals surface area contributed by atoms with E-state index < -0.39 is 0 Å². The molecule has 0 aliphatic rings. The molecule has 0 bridgehead atoms. The lowest BCUT2D eigenvalue weighted by Gasteiger charge is -1.95. The van der Waals surface area contributed by atoms with Crippen molar-refractivity contribution >= 4 is 12.1 Å². The second-order valence-electron chi connectivity index (χ2n) is 3.26. The normalized spacial score (nSPS) is 10.2. The number of nitrogens with two attached hydrogens (primary N) is 1. The number of carbonyl (C=O) groups excluding carboxylic acids is 1. The van der Waals surface area contributed by atoms with Crippen molar-refractivity contribution in [2.75, 3.05) is 5.73 Å². The van der Waals surface area contributed by atoms with E-state index in [1.807, 2.05) is 30.3 Å². The lowest BCUT2D eigenvalue weighted by Crippen LogP contribution is -1.98. The van der Waals surface area contributed by atoms with Crippen LogP contribution in [0.3, 0.4) is 0 Å². The molecule has 15 heavy (non-hydrogen) atoms. The van der Waals surface area contributed by atoms with Crippen LogP contribution in [0.4, 0.5) is 5.82 Å². The van der Waals surface area contributed by atoms with E-state index in [1.165, 1.54) is 4.68 Å². The van der Waals surface area contributed by atoms with Gasteiger partial charge in [-0.1, -0.05) is 30.3 Å². The first-order valence-electron chi connectivity index (χ1n) is 4.57. The summed E-state index contributed by atoms with van der Waals surface area (Å²) >= 11 is 0. The Morgan fingerprint density at radius 3 is 2.60 bits per heavy atom. The van der Waals surface area contributed by atoms with Crippen molar-refractivity contribution in [3.8, 4) is 11.3 Å². The van der Waals surface area contributed by atoms with Crippen LogP contribution in [0.2, 0.25) is 0 Å². The van der Waals surface area contributed by atoms with Gasteiger partial charge in [-0.2, -0.15) is 5.10 Å². The summed E-state index contributed by atoms with van der Waals surface area (Å²) in [5, 5.41) is 4.21. The second kappa shape index (κ2) is 3.57. The van der Waals surface area contributed by atoms with Crippen LogP contribution >= 0.6 is 0 Å². The topological polar surface area (TPSA) is 60.9 Å². The number of aromatic nitrogens is 2. The number of nitrogens with zero attached hydrogens (tertiary/aromatic N) is 2. The lowest BCUT2D eigenvalue weighted by atomic mass is 10.1. The molecular formula is C11H11N3O. The second-order valence-corrected chi connectivity index (χ2v) is 3.26. The molecule has 0 aliphatic heterocycles. The highest BCUT2D eigenvalue weighted by atomic mass is 16.1. The molecule has 2 N–H and O–H groups in total. The fourth-order valence-electron chi connectivity index (χ4n) is 1.48. The summed E-state index contributed by atoms with van der Waals surface area (Å²) in [6, 6.07) is 9.50. The van der Waals surface area contributed by atoms with E-state index in [9.17, 15) is 4.79 Å². The molecule has 0 atom stereocenters. The minimum Gasteiger partial charge on any atom is -0.383 e. The Morgan fingerprint density at radius 1 is 1.33 bits per heavy atom. The fourth-order valence-corrected chi connectivity index (χ4v) is 1.48. The van der Waals surface area contributed by atoms with Crippen LogP contribution in [0.15, 0.2) is 30.3 Å². The van der Waals surface area contributed by atoms with Crippen LogP contribution in [0.25, 0.3) is 11.3 Å². The first kappa shape index (κ1) is 9.45. The molecular weight excluding hydrogens is 190 g/mol. The molecule has 1 heterocycles. The van der Waals surface area contributed by atoms with Crippen molar-refractivity contribution in [1.82, 2.24) is 9.78 Å². The van der Waals surface area contributed by atoms with Crippen molar-refractivity contribution in [2.45, 2.75) is 0 Å². The Labute approximate surface area is 87.3 Å². The summed E-state index contributed by atoms with van der Waals surface area (Å²) in [7, 11) is 1.72. The molecule has 0 saturated heterocycles. The molecule has 0 saturated carbocycles. The van der Waals surface area contributed by atoms with Gasteiger partial charge in [0.1, 0.15) is 11.5 Å². The Morgan fingerprint density at radius 2 is 2.00 bits per heavy atom. The van der Waals surface area contributed by atoms with Gasteiger partial charge in [0.05, 0.1) is 5.56 Å². The Hall–Kier alpha value is -2.10. The van der Waals surface area contributed by atoms with Crippen LogP contribution in [0.5, 0.6) is 0 Å². The molecule has 0 radical (unpaired) electrons. The predicted molar refractivity (Wildman–Crippen MR) is 58.4 cm³/mol. The summed E-state index contributed by atoms with van der Waals surface area (Å²) in [4.78, 5) is 10.9. The monoisotopic (exact) mass is 201 g/mol. The number of anilines is 1. The van der Waals surface area contributed by atoms with E-state index in [2.05, 4.69) is 5.10 Å². The van der Waals surface area contributed by atoms with Gasteiger partial charge in [0.2, 0.25) is 0 Å². The predicted octanol–water partition coefficient (Wildman–Crippen LogP) is 1.48. The molecule has 4 heteroatoms. The Bertz CT molecular complexity index is 488. The third-order valence-corrected chi connectivity index (χ3v) is 2.29. The van der Waals surface area contributed by atoms with Crippen LogP contribution in [-0.2, 0) is 7.05 Å². The third kappa shape index (κ3) is 1.50. The fraction of sp³-hybridized carbons (Fsp3) is 0.0909. The smallest absolute Gasteiger partial charge is 0.156 e. The zero-order chi connectivity index (χ0) is 10.8. The number of carbonyl (C=O) groups is 1. The largest absolute Gasteiger partial charge is 0.383 e. The summed E-state index contributed by atoms with van der Waals surface area (Å²) in [6.45, 7) is 0. The summed E-state index contributed by atoms with van der Waals surface area (Å²) in [5.74, 6) is 0.392. The van der Waals surface area contributed by atoms with Crippen molar-refractivity contribution in [2.24, 2.45) is 7.05 Å². The number of benzene rings is 1. The van der Waals surface area contributed by atoms with Gasteiger partial charge >= 0.3 is 0 Å². The van der Waals surface area contributed by atoms with Crippen molar-refractivity contribution in [3.63, 3.8) is 0 Å². The molecule has 0 fully saturated rings. The number of aryl methyl sites for hydroxylation is 1. The molecule has 2 rings (SSSR count). The van der Waals surface area contributed by atoms with Crippen molar-refractivity contribution in [3.05, 3.63) is 35.9 Å². The average molecular weight is 201 g/mol. The average Bonchev–Trinajstić information content (AvgIpc) is 2.56. The summed E-state index contributed by atoms with van der Waals surface area (Å²) in [5.41, 5.74) is 7.69. The van der Waals surface area contributed by atoms with Gasteiger partial charge in [0.25, 0.3) is 0 Å². The SMILES string of the molecule is Cn1nc(-c2ccccc2)c(C=O)c1N. The molecule has 1 aromatic heterocycles. The summed E-state index contributed by atoms with van der Waals surface area (Å²) in [6.07, 6.45) is 0.741. The minimum atomic E-state index is 0.392. The first-order valence-corrected chi connectivity index (χ1v) is 4.57. The van der Waals surface area contributed by atoms with Crippen LogP contribution in [0.1, 0.15) is 10.4 Å².